The Kier molecular flexibility index (Phi) is 7.42. The van der Waals surface area contributed by atoms with Gasteiger partial charge in [-0.1, -0.05) is 13.8 Å². The highest BCUT2D eigenvalue weighted by molar-refractivity contribution is 7.89. The molecule has 1 aliphatic heterocycles. The van der Waals surface area contributed by atoms with E-state index in [0.29, 0.717) is 44.7 Å². The average molecular weight is 411 g/mol. The Balaban J connectivity index is 1.96. The summed E-state index contributed by atoms with van der Waals surface area (Å²) in [6, 6.07) is 6.21. The van der Waals surface area contributed by atoms with E-state index in [1.54, 1.807) is 45.0 Å². The molecule has 1 fully saturated rings. The molecule has 156 valence electrons. The van der Waals surface area contributed by atoms with Crippen LogP contribution in [-0.2, 0) is 14.8 Å². The van der Waals surface area contributed by atoms with E-state index in [2.05, 4.69) is 5.32 Å². The van der Waals surface area contributed by atoms with E-state index in [-0.39, 0.29) is 22.8 Å². The molecule has 0 bridgehead atoms. The first-order chi connectivity index (χ1) is 13.2. The number of amides is 3. The van der Waals surface area contributed by atoms with E-state index >= 15 is 0 Å². The molecule has 1 heterocycles. The van der Waals surface area contributed by atoms with Gasteiger partial charge in [0.15, 0.2) is 0 Å². The summed E-state index contributed by atoms with van der Waals surface area (Å²) in [5.41, 5.74) is 0.565. The molecule has 0 saturated carbocycles. The first-order valence-corrected chi connectivity index (χ1v) is 11.0. The van der Waals surface area contributed by atoms with Gasteiger partial charge in [-0.25, -0.2) is 13.2 Å². The number of nitrogens with one attached hydrogen (secondary N) is 1. The van der Waals surface area contributed by atoms with Crippen molar-refractivity contribution in [3.05, 3.63) is 24.3 Å². The normalized spacial score (nSPS) is 15.5. The standard InChI is InChI=1S/C19H30N4O4S/c1-5-23(6-2)28(26,27)17-9-7-16(8-10-17)20-18(24)15-11-13-22(14-12-15)19(25)21(3)4/h7-10,15H,5-6,11-14H2,1-4H3,(H,20,24). The number of carbonyl (C=O) groups excluding carboxylic acids is 2. The van der Waals surface area contributed by atoms with Crippen LogP contribution in [0.3, 0.4) is 0 Å². The molecule has 1 aromatic rings. The number of hydrogen-bond acceptors (Lipinski definition) is 4. The number of hydrogen-bond donors (Lipinski definition) is 1. The third kappa shape index (κ3) is 5.02. The second kappa shape index (κ2) is 9.38. The maximum absolute atomic E-state index is 12.5. The van der Waals surface area contributed by atoms with E-state index in [1.807, 2.05) is 0 Å². The van der Waals surface area contributed by atoms with Crippen LogP contribution >= 0.6 is 0 Å². The molecule has 2 rings (SSSR count). The van der Waals surface area contributed by atoms with Crippen molar-refractivity contribution in [2.75, 3.05) is 45.6 Å². The molecule has 1 saturated heterocycles. The summed E-state index contributed by atoms with van der Waals surface area (Å²) in [6.07, 6.45) is 1.22. The molecule has 1 aromatic carbocycles. The molecule has 8 nitrogen and oxygen atoms in total. The molecular weight excluding hydrogens is 380 g/mol. The Morgan fingerprint density at radius 3 is 2.07 bits per heavy atom. The number of nitrogens with zero attached hydrogens (tertiary/aromatic N) is 3. The van der Waals surface area contributed by atoms with Gasteiger partial charge >= 0.3 is 6.03 Å². The number of rotatable bonds is 6. The number of carbonyl (C=O) groups is 2. The number of urea groups is 1. The quantitative estimate of drug-likeness (QED) is 0.777. The zero-order valence-electron chi connectivity index (χ0n) is 17.0. The fourth-order valence-electron chi connectivity index (χ4n) is 3.28. The molecule has 3 amide bonds. The number of benzene rings is 1. The summed E-state index contributed by atoms with van der Waals surface area (Å²) < 4.78 is 26.4. The van der Waals surface area contributed by atoms with Gasteiger partial charge in [0.2, 0.25) is 15.9 Å². The summed E-state index contributed by atoms with van der Waals surface area (Å²) in [4.78, 5) is 28.0. The van der Waals surface area contributed by atoms with Gasteiger partial charge < -0.3 is 15.1 Å². The molecule has 1 aliphatic rings. The lowest BCUT2D eigenvalue weighted by atomic mass is 9.96. The lowest BCUT2D eigenvalue weighted by Gasteiger charge is -2.33. The molecule has 0 spiro atoms. The van der Waals surface area contributed by atoms with Crippen LogP contribution in [0.4, 0.5) is 10.5 Å². The van der Waals surface area contributed by atoms with Gasteiger partial charge in [0, 0.05) is 51.9 Å². The van der Waals surface area contributed by atoms with Gasteiger partial charge in [-0.2, -0.15) is 4.31 Å². The van der Waals surface area contributed by atoms with Crippen molar-refractivity contribution < 1.29 is 18.0 Å². The summed E-state index contributed by atoms with van der Waals surface area (Å²) in [5.74, 6) is -0.262. The Bertz CT molecular complexity index is 781. The Morgan fingerprint density at radius 1 is 1.07 bits per heavy atom. The van der Waals surface area contributed by atoms with Gasteiger partial charge in [0.25, 0.3) is 0 Å². The maximum Gasteiger partial charge on any atom is 0.319 e. The van der Waals surface area contributed by atoms with Crippen molar-refractivity contribution >= 4 is 27.6 Å². The molecule has 0 atom stereocenters. The second-order valence-electron chi connectivity index (χ2n) is 7.04. The fraction of sp³-hybridized carbons (Fsp3) is 0.579. The molecule has 0 aliphatic carbocycles. The lowest BCUT2D eigenvalue weighted by molar-refractivity contribution is -0.121. The Labute approximate surface area is 167 Å². The van der Waals surface area contributed by atoms with Gasteiger partial charge in [-0.3, -0.25) is 4.79 Å². The Morgan fingerprint density at radius 2 is 1.61 bits per heavy atom. The number of anilines is 1. The zero-order valence-corrected chi connectivity index (χ0v) is 17.8. The molecule has 0 radical (unpaired) electrons. The summed E-state index contributed by atoms with van der Waals surface area (Å²) >= 11 is 0. The van der Waals surface area contributed by atoms with Crippen molar-refractivity contribution in [2.45, 2.75) is 31.6 Å². The van der Waals surface area contributed by atoms with E-state index < -0.39 is 10.0 Å². The number of piperidine rings is 1. The fourth-order valence-corrected chi connectivity index (χ4v) is 4.74. The largest absolute Gasteiger partial charge is 0.331 e. The molecule has 0 aromatic heterocycles. The van der Waals surface area contributed by atoms with E-state index in [0.717, 1.165) is 0 Å². The number of sulfonamides is 1. The first kappa shape index (κ1) is 22.2. The molecule has 9 heteroatoms. The predicted octanol–water partition coefficient (Wildman–Crippen LogP) is 2.05. The lowest BCUT2D eigenvalue weighted by Crippen LogP contribution is -2.45. The average Bonchev–Trinajstić information content (AvgIpc) is 2.68. The minimum absolute atomic E-state index is 0.0381. The minimum atomic E-state index is -3.51. The van der Waals surface area contributed by atoms with Crippen LogP contribution in [0.5, 0.6) is 0 Å². The van der Waals surface area contributed by atoms with Crippen molar-refractivity contribution in [3.63, 3.8) is 0 Å². The zero-order chi connectivity index (χ0) is 20.9. The minimum Gasteiger partial charge on any atom is -0.331 e. The van der Waals surface area contributed by atoms with Crippen molar-refractivity contribution in [3.8, 4) is 0 Å². The molecule has 0 unspecified atom stereocenters. The smallest absolute Gasteiger partial charge is 0.319 e. The highest BCUT2D eigenvalue weighted by atomic mass is 32.2. The predicted molar refractivity (Wildman–Crippen MR) is 109 cm³/mol. The third-order valence-corrected chi connectivity index (χ3v) is 7.05. The summed E-state index contributed by atoms with van der Waals surface area (Å²) in [5, 5.41) is 2.85. The summed E-state index contributed by atoms with van der Waals surface area (Å²) in [6.45, 7) is 5.52. The van der Waals surface area contributed by atoms with Crippen LogP contribution in [0.1, 0.15) is 26.7 Å². The number of likely N-dealkylation sites (tertiary alicyclic amines) is 1. The highest BCUT2D eigenvalue weighted by Gasteiger charge is 2.28. The first-order valence-electron chi connectivity index (χ1n) is 9.58. The molecule has 1 N–H and O–H groups in total. The van der Waals surface area contributed by atoms with Crippen molar-refractivity contribution in [1.29, 1.82) is 0 Å². The SMILES string of the molecule is CCN(CC)S(=O)(=O)c1ccc(NC(=O)C2CCN(C(=O)N(C)C)CC2)cc1. The Hall–Kier alpha value is -2.13. The van der Waals surface area contributed by atoms with Gasteiger partial charge in [-0.15, -0.1) is 0 Å². The van der Waals surface area contributed by atoms with E-state index in [1.165, 1.54) is 21.3 Å². The van der Waals surface area contributed by atoms with E-state index in [9.17, 15) is 18.0 Å². The molecular formula is C19H30N4O4S. The topological polar surface area (TPSA) is 90.0 Å². The second-order valence-corrected chi connectivity index (χ2v) is 8.98. The monoisotopic (exact) mass is 410 g/mol. The van der Waals surface area contributed by atoms with Crippen LogP contribution < -0.4 is 5.32 Å². The van der Waals surface area contributed by atoms with Gasteiger partial charge in [0.1, 0.15) is 0 Å². The maximum atomic E-state index is 12.5. The highest BCUT2D eigenvalue weighted by Crippen LogP contribution is 2.22. The van der Waals surface area contributed by atoms with Crippen LogP contribution in [0.15, 0.2) is 29.2 Å². The van der Waals surface area contributed by atoms with Crippen LogP contribution in [0.25, 0.3) is 0 Å². The van der Waals surface area contributed by atoms with Gasteiger partial charge in [0.05, 0.1) is 4.90 Å². The van der Waals surface area contributed by atoms with Crippen LogP contribution in [0.2, 0.25) is 0 Å². The summed E-state index contributed by atoms with van der Waals surface area (Å²) in [7, 11) is -0.0820. The molecule has 28 heavy (non-hydrogen) atoms. The van der Waals surface area contributed by atoms with Gasteiger partial charge in [-0.05, 0) is 37.1 Å². The van der Waals surface area contributed by atoms with Crippen LogP contribution in [0, 0.1) is 5.92 Å². The van der Waals surface area contributed by atoms with E-state index in [4.69, 9.17) is 0 Å². The van der Waals surface area contributed by atoms with Crippen LogP contribution in [-0.4, -0.2) is 74.7 Å². The van der Waals surface area contributed by atoms with Crippen molar-refractivity contribution in [1.82, 2.24) is 14.1 Å². The third-order valence-electron chi connectivity index (χ3n) is 4.98. The van der Waals surface area contributed by atoms with Crippen molar-refractivity contribution in [2.24, 2.45) is 5.92 Å².